The number of hydrogen-bond acceptors (Lipinski definition) is 1. The van der Waals surface area contributed by atoms with Crippen LogP contribution in [0.2, 0.25) is 0 Å². The van der Waals surface area contributed by atoms with Crippen LogP contribution in [0.15, 0.2) is 54.6 Å². The molecule has 1 nitrogen and oxygen atoms in total. The number of rotatable bonds is 4. The Balaban J connectivity index is 1.70. The molecule has 2 atom stereocenters. The number of hydrogen-bond donors (Lipinski definition) is 1. The van der Waals surface area contributed by atoms with Crippen LogP contribution in [0.4, 0.5) is 0 Å². The van der Waals surface area contributed by atoms with E-state index in [0.29, 0.717) is 17.5 Å². The second kappa shape index (κ2) is 5.06. The molecule has 0 radical (unpaired) electrons. The van der Waals surface area contributed by atoms with Crippen molar-refractivity contribution in [2.45, 2.75) is 39.3 Å². The van der Waals surface area contributed by atoms with Gasteiger partial charge in [0.05, 0.1) is 0 Å². The molecule has 20 heavy (non-hydrogen) atoms. The summed E-state index contributed by atoms with van der Waals surface area (Å²) < 4.78 is 0. The van der Waals surface area contributed by atoms with Gasteiger partial charge in [0.25, 0.3) is 0 Å². The number of benzene rings is 2. The Morgan fingerprint density at radius 3 is 2.05 bits per heavy atom. The fourth-order valence-electron chi connectivity index (χ4n) is 2.74. The van der Waals surface area contributed by atoms with Gasteiger partial charge in [0, 0.05) is 12.1 Å². The molecule has 2 aromatic rings. The predicted molar refractivity (Wildman–Crippen MR) is 85.6 cm³/mol. The summed E-state index contributed by atoms with van der Waals surface area (Å²) in [6.07, 6.45) is 1.29. The highest BCUT2D eigenvalue weighted by atomic mass is 15.0. The van der Waals surface area contributed by atoms with Crippen molar-refractivity contribution in [3.05, 3.63) is 60.2 Å². The van der Waals surface area contributed by atoms with Crippen LogP contribution in [0, 0.1) is 5.41 Å². The minimum Gasteiger partial charge on any atom is -0.307 e. The summed E-state index contributed by atoms with van der Waals surface area (Å²) in [7, 11) is 0. The molecular formula is C19H23N. The molecule has 104 valence electrons. The van der Waals surface area contributed by atoms with E-state index < -0.39 is 0 Å². The lowest BCUT2D eigenvalue weighted by Gasteiger charge is -2.16. The molecule has 0 aliphatic heterocycles. The Hall–Kier alpha value is -1.60. The van der Waals surface area contributed by atoms with Gasteiger partial charge in [0.1, 0.15) is 0 Å². The zero-order valence-electron chi connectivity index (χ0n) is 12.6. The van der Waals surface area contributed by atoms with E-state index in [0.717, 1.165) is 0 Å². The molecule has 1 aliphatic rings. The molecule has 0 spiro atoms. The second-order valence-electron chi connectivity index (χ2n) is 6.62. The summed E-state index contributed by atoms with van der Waals surface area (Å²) in [5, 5.41) is 3.72. The molecule has 1 fully saturated rings. The van der Waals surface area contributed by atoms with Crippen molar-refractivity contribution in [2.75, 3.05) is 0 Å². The van der Waals surface area contributed by atoms with Crippen LogP contribution in [0.25, 0.3) is 11.1 Å². The topological polar surface area (TPSA) is 12.0 Å². The maximum absolute atomic E-state index is 3.72. The maximum atomic E-state index is 3.72. The van der Waals surface area contributed by atoms with Crippen LogP contribution >= 0.6 is 0 Å². The van der Waals surface area contributed by atoms with Gasteiger partial charge in [-0.05, 0) is 35.4 Å². The molecule has 2 unspecified atom stereocenters. The third kappa shape index (κ3) is 2.78. The quantitative estimate of drug-likeness (QED) is 0.837. The van der Waals surface area contributed by atoms with Crippen molar-refractivity contribution >= 4 is 0 Å². The monoisotopic (exact) mass is 265 g/mol. The maximum Gasteiger partial charge on any atom is 0.0294 e. The Labute approximate surface area is 122 Å². The molecule has 0 amide bonds. The lowest BCUT2D eigenvalue weighted by Crippen LogP contribution is -2.24. The Morgan fingerprint density at radius 1 is 0.950 bits per heavy atom. The highest BCUT2D eigenvalue weighted by Gasteiger charge is 2.45. The average Bonchev–Trinajstić information content (AvgIpc) is 3.06. The predicted octanol–water partition coefficient (Wildman–Crippen LogP) is 4.80. The summed E-state index contributed by atoms with van der Waals surface area (Å²) in [6, 6.07) is 20.6. The van der Waals surface area contributed by atoms with Gasteiger partial charge in [-0.25, -0.2) is 0 Å². The molecule has 0 heterocycles. The Kier molecular flexibility index (Phi) is 3.39. The van der Waals surface area contributed by atoms with Gasteiger partial charge >= 0.3 is 0 Å². The first-order valence-corrected chi connectivity index (χ1v) is 7.48. The van der Waals surface area contributed by atoms with Gasteiger partial charge in [-0.1, -0.05) is 68.4 Å². The van der Waals surface area contributed by atoms with E-state index in [2.05, 4.69) is 80.7 Å². The minimum absolute atomic E-state index is 0.423. The molecular weight excluding hydrogens is 242 g/mol. The van der Waals surface area contributed by atoms with E-state index in [1.165, 1.54) is 23.1 Å². The first-order valence-electron chi connectivity index (χ1n) is 7.48. The minimum atomic E-state index is 0.423. The van der Waals surface area contributed by atoms with E-state index in [1.807, 2.05) is 0 Å². The van der Waals surface area contributed by atoms with Crippen LogP contribution in [0.5, 0.6) is 0 Å². The van der Waals surface area contributed by atoms with Crippen LogP contribution < -0.4 is 5.32 Å². The molecule has 3 rings (SSSR count). The van der Waals surface area contributed by atoms with Crippen molar-refractivity contribution in [2.24, 2.45) is 5.41 Å². The zero-order valence-corrected chi connectivity index (χ0v) is 12.6. The van der Waals surface area contributed by atoms with Crippen LogP contribution in [0.3, 0.4) is 0 Å². The second-order valence-corrected chi connectivity index (χ2v) is 6.62. The van der Waals surface area contributed by atoms with Crippen molar-refractivity contribution in [3.63, 3.8) is 0 Å². The average molecular weight is 265 g/mol. The molecule has 1 saturated carbocycles. The highest BCUT2D eigenvalue weighted by molar-refractivity contribution is 5.63. The molecule has 2 aromatic carbocycles. The fourth-order valence-corrected chi connectivity index (χ4v) is 2.74. The van der Waals surface area contributed by atoms with Crippen molar-refractivity contribution in [1.29, 1.82) is 0 Å². The van der Waals surface area contributed by atoms with Gasteiger partial charge < -0.3 is 5.32 Å². The van der Waals surface area contributed by atoms with Crippen molar-refractivity contribution in [3.8, 4) is 11.1 Å². The van der Waals surface area contributed by atoms with Crippen LogP contribution in [-0.2, 0) is 0 Å². The van der Waals surface area contributed by atoms with Gasteiger partial charge in [0.15, 0.2) is 0 Å². The molecule has 0 bridgehead atoms. The highest BCUT2D eigenvalue weighted by Crippen LogP contribution is 2.45. The summed E-state index contributed by atoms with van der Waals surface area (Å²) in [4.78, 5) is 0. The van der Waals surface area contributed by atoms with E-state index in [9.17, 15) is 0 Å². The third-order valence-corrected chi connectivity index (χ3v) is 4.48. The normalized spacial score (nSPS) is 21.4. The lowest BCUT2D eigenvalue weighted by molar-refractivity contribution is 0.492. The first kappa shape index (κ1) is 13.4. The molecule has 1 heteroatoms. The standard InChI is InChI=1S/C19H23N/c1-14(20-18-13-19(18,2)3)15-9-11-17(12-10-15)16-7-5-4-6-8-16/h4-12,14,18,20H,13H2,1-3H3. The molecule has 0 saturated heterocycles. The Bertz CT molecular complexity index is 568. The summed E-state index contributed by atoms with van der Waals surface area (Å²) >= 11 is 0. The van der Waals surface area contributed by atoms with Crippen molar-refractivity contribution in [1.82, 2.24) is 5.32 Å². The summed E-state index contributed by atoms with van der Waals surface area (Å²) in [6.45, 7) is 6.91. The number of nitrogens with one attached hydrogen (secondary N) is 1. The SMILES string of the molecule is CC(NC1CC1(C)C)c1ccc(-c2ccccc2)cc1. The molecule has 1 aliphatic carbocycles. The first-order chi connectivity index (χ1) is 9.56. The largest absolute Gasteiger partial charge is 0.307 e. The summed E-state index contributed by atoms with van der Waals surface area (Å²) in [5.74, 6) is 0. The van der Waals surface area contributed by atoms with E-state index in [4.69, 9.17) is 0 Å². The smallest absolute Gasteiger partial charge is 0.0294 e. The zero-order chi connectivity index (χ0) is 14.2. The van der Waals surface area contributed by atoms with E-state index in [1.54, 1.807) is 0 Å². The van der Waals surface area contributed by atoms with Gasteiger partial charge in [-0.3, -0.25) is 0 Å². The van der Waals surface area contributed by atoms with E-state index in [-0.39, 0.29) is 0 Å². The Morgan fingerprint density at radius 2 is 1.50 bits per heavy atom. The molecule has 1 N–H and O–H groups in total. The van der Waals surface area contributed by atoms with Gasteiger partial charge in [-0.15, -0.1) is 0 Å². The fraction of sp³-hybridized carbons (Fsp3) is 0.368. The van der Waals surface area contributed by atoms with Crippen molar-refractivity contribution < 1.29 is 0 Å². The third-order valence-electron chi connectivity index (χ3n) is 4.48. The van der Waals surface area contributed by atoms with Gasteiger partial charge in [-0.2, -0.15) is 0 Å². The molecule has 0 aromatic heterocycles. The lowest BCUT2D eigenvalue weighted by atomic mass is 10.0. The summed E-state index contributed by atoms with van der Waals surface area (Å²) in [5.41, 5.74) is 4.42. The van der Waals surface area contributed by atoms with E-state index >= 15 is 0 Å². The van der Waals surface area contributed by atoms with Crippen LogP contribution in [-0.4, -0.2) is 6.04 Å². The van der Waals surface area contributed by atoms with Gasteiger partial charge in [0.2, 0.25) is 0 Å². The van der Waals surface area contributed by atoms with Crippen LogP contribution in [0.1, 0.15) is 38.8 Å².